The van der Waals surface area contributed by atoms with Gasteiger partial charge in [-0.2, -0.15) is 0 Å². The summed E-state index contributed by atoms with van der Waals surface area (Å²) in [4.78, 5) is 16.6. The standard InChI is InChI=1S/C22H27ClN4O/c1-24-22(26-15-18-10-4-5-12-20(18)23)25-14-16-7-6-11-19(13-16)27-21(28)17-8-2-3-9-17/h4-7,10-13,17H,2-3,8-9,14-15H2,1H3,(H,27,28)(H2,24,25,26). The Morgan fingerprint density at radius 2 is 1.82 bits per heavy atom. The SMILES string of the molecule is CN=C(NCc1cccc(NC(=O)C2CCCC2)c1)NCc1ccccc1Cl. The molecule has 1 amide bonds. The molecule has 3 N–H and O–H groups in total. The van der Waals surface area contributed by atoms with E-state index in [0.717, 1.165) is 47.5 Å². The van der Waals surface area contributed by atoms with Gasteiger partial charge >= 0.3 is 0 Å². The first kappa shape index (κ1) is 20.2. The molecule has 0 bridgehead atoms. The molecule has 0 aromatic heterocycles. The summed E-state index contributed by atoms with van der Waals surface area (Å²) in [6, 6.07) is 15.7. The number of carbonyl (C=O) groups excluding carboxylic acids is 1. The van der Waals surface area contributed by atoms with E-state index in [-0.39, 0.29) is 11.8 Å². The number of rotatable bonds is 6. The highest BCUT2D eigenvalue weighted by atomic mass is 35.5. The summed E-state index contributed by atoms with van der Waals surface area (Å²) >= 11 is 6.20. The van der Waals surface area contributed by atoms with Crippen molar-refractivity contribution >= 4 is 29.2 Å². The normalized spacial score (nSPS) is 14.7. The number of halogens is 1. The number of aliphatic imine (C=N–C) groups is 1. The second-order valence-corrected chi connectivity index (χ2v) is 7.45. The number of nitrogens with one attached hydrogen (secondary N) is 3. The first-order chi connectivity index (χ1) is 13.7. The van der Waals surface area contributed by atoms with Crippen molar-refractivity contribution in [2.75, 3.05) is 12.4 Å². The summed E-state index contributed by atoms with van der Waals surface area (Å²) in [5.74, 6) is 0.995. The molecule has 5 nitrogen and oxygen atoms in total. The first-order valence-electron chi connectivity index (χ1n) is 9.73. The molecule has 148 valence electrons. The molecule has 1 aliphatic rings. The fourth-order valence-electron chi connectivity index (χ4n) is 3.42. The topological polar surface area (TPSA) is 65.5 Å². The summed E-state index contributed by atoms with van der Waals surface area (Å²) < 4.78 is 0. The van der Waals surface area contributed by atoms with E-state index < -0.39 is 0 Å². The van der Waals surface area contributed by atoms with Crippen LogP contribution < -0.4 is 16.0 Å². The van der Waals surface area contributed by atoms with Crippen LogP contribution in [0, 0.1) is 5.92 Å². The van der Waals surface area contributed by atoms with Gasteiger partial charge in [-0.15, -0.1) is 0 Å². The summed E-state index contributed by atoms with van der Waals surface area (Å²) in [6.07, 6.45) is 4.31. The minimum atomic E-state index is 0.139. The maximum atomic E-state index is 12.3. The molecule has 0 spiro atoms. The molecule has 0 aliphatic heterocycles. The summed E-state index contributed by atoms with van der Waals surface area (Å²) in [5, 5.41) is 10.3. The molecule has 0 unspecified atom stereocenters. The highest BCUT2D eigenvalue weighted by molar-refractivity contribution is 6.31. The number of benzene rings is 2. The number of hydrogen-bond acceptors (Lipinski definition) is 2. The highest BCUT2D eigenvalue weighted by Gasteiger charge is 2.22. The van der Waals surface area contributed by atoms with Crippen LogP contribution in [-0.4, -0.2) is 18.9 Å². The predicted molar refractivity (Wildman–Crippen MR) is 116 cm³/mol. The Labute approximate surface area is 171 Å². The molecule has 0 radical (unpaired) electrons. The Kier molecular flexibility index (Phi) is 7.31. The molecule has 2 aromatic carbocycles. The van der Waals surface area contributed by atoms with Gasteiger partial charge in [0.2, 0.25) is 5.91 Å². The van der Waals surface area contributed by atoms with E-state index in [1.165, 1.54) is 0 Å². The molecular formula is C22H27ClN4O. The maximum Gasteiger partial charge on any atom is 0.227 e. The lowest BCUT2D eigenvalue weighted by Crippen LogP contribution is -2.36. The van der Waals surface area contributed by atoms with Gasteiger partial charge in [-0.25, -0.2) is 0 Å². The van der Waals surface area contributed by atoms with E-state index >= 15 is 0 Å². The lowest BCUT2D eigenvalue weighted by atomic mass is 10.1. The lowest BCUT2D eigenvalue weighted by molar-refractivity contribution is -0.119. The third-order valence-electron chi connectivity index (χ3n) is 5.01. The number of guanidine groups is 1. The first-order valence-corrected chi connectivity index (χ1v) is 10.1. The van der Waals surface area contributed by atoms with Gasteiger partial charge in [0.15, 0.2) is 5.96 Å². The maximum absolute atomic E-state index is 12.3. The number of hydrogen-bond donors (Lipinski definition) is 3. The van der Waals surface area contributed by atoms with Crippen LogP contribution in [0.4, 0.5) is 5.69 Å². The van der Waals surface area contributed by atoms with Crippen molar-refractivity contribution in [3.8, 4) is 0 Å². The molecule has 0 heterocycles. The van der Waals surface area contributed by atoms with Gasteiger partial charge in [0.05, 0.1) is 0 Å². The third kappa shape index (κ3) is 5.73. The zero-order chi connectivity index (χ0) is 19.8. The summed E-state index contributed by atoms with van der Waals surface area (Å²) in [7, 11) is 1.74. The number of carbonyl (C=O) groups is 1. The van der Waals surface area contributed by atoms with E-state index in [1.54, 1.807) is 7.05 Å². The fourth-order valence-corrected chi connectivity index (χ4v) is 3.62. The second-order valence-electron chi connectivity index (χ2n) is 7.04. The molecule has 3 rings (SSSR count). The Morgan fingerprint density at radius 3 is 2.57 bits per heavy atom. The van der Waals surface area contributed by atoms with E-state index in [9.17, 15) is 4.79 Å². The van der Waals surface area contributed by atoms with Gasteiger partial charge < -0.3 is 16.0 Å². The van der Waals surface area contributed by atoms with Crippen LogP contribution in [0.2, 0.25) is 5.02 Å². The van der Waals surface area contributed by atoms with E-state index in [1.807, 2.05) is 48.5 Å². The Morgan fingerprint density at radius 1 is 1.07 bits per heavy atom. The minimum Gasteiger partial charge on any atom is -0.352 e. The smallest absolute Gasteiger partial charge is 0.227 e. The zero-order valence-electron chi connectivity index (χ0n) is 16.2. The monoisotopic (exact) mass is 398 g/mol. The van der Waals surface area contributed by atoms with Crippen LogP contribution >= 0.6 is 11.6 Å². The number of nitrogens with zero attached hydrogens (tertiary/aromatic N) is 1. The Balaban J connectivity index is 1.51. The van der Waals surface area contributed by atoms with Crippen molar-refractivity contribution < 1.29 is 4.79 Å². The van der Waals surface area contributed by atoms with Gasteiger partial charge in [0.1, 0.15) is 0 Å². The van der Waals surface area contributed by atoms with Crippen LogP contribution in [-0.2, 0) is 17.9 Å². The molecule has 2 aromatic rings. The molecule has 1 fully saturated rings. The Hall–Kier alpha value is -2.53. The molecular weight excluding hydrogens is 372 g/mol. The third-order valence-corrected chi connectivity index (χ3v) is 5.38. The minimum absolute atomic E-state index is 0.139. The van der Waals surface area contributed by atoms with Gasteiger partial charge in [-0.1, -0.05) is 54.8 Å². The van der Waals surface area contributed by atoms with Crippen LogP contribution in [0.3, 0.4) is 0 Å². The summed E-state index contributed by atoms with van der Waals surface area (Å²) in [6.45, 7) is 1.20. The van der Waals surface area contributed by atoms with E-state index in [0.29, 0.717) is 19.0 Å². The van der Waals surface area contributed by atoms with Gasteiger partial charge in [0, 0.05) is 36.8 Å². The quantitative estimate of drug-likeness (QED) is 0.501. The average molecular weight is 399 g/mol. The molecule has 0 atom stereocenters. The van der Waals surface area contributed by atoms with Crippen molar-refractivity contribution in [3.05, 3.63) is 64.7 Å². The predicted octanol–water partition coefficient (Wildman–Crippen LogP) is 4.33. The van der Waals surface area contributed by atoms with Gasteiger partial charge in [-0.3, -0.25) is 9.79 Å². The number of amides is 1. The second kappa shape index (κ2) is 10.1. The van der Waals surface area contributed by atoms with Crippen molar-refractivity contribution in [3.63, 3.8) is 0 Å². The zero-order valence-corrected chi connectivity index (χ0v) is 16.9. The average Bonchev–Trinajstić information content (AvgIpc) is 3.25. The van der Waals surface area contributed by atoms with Crippen LogP contribution in [0.25, 0.3) is 0 Å². The highest BCUT2D eigenvalue weighted by Crippen LogP contribution is 2.26. The van der Waals surface area contributed by atoms with Crippen LogP contribution in [0.1, 0.15) is 36.8 Å². The largest absolute Gasteiger partial charge is 0.352 e. The van der Waals surface area contributed by atoms with Crippen molar-refractivity contribution in [2.45, 2.75) is 38.8 Å². The molecule has 0 saturated heterocycles. The lowest BCUT2D eigenvalue weighted by Gasteiger charge is -2.14. The molecule has 28 heavy (non-hydrogen) atoms. The molecule has 6 heteroatoms. The molecule has 1 aliphatic carbocycles. The van der Waals surface area contributed by atoms with Crippen molar-refractivity contribution in [1.82, 2.24) is 10.6 Å². The fraction of sp³-hybridized carbons (Fsp3) is 0.364. The summed E-state index contributed by atoms with van der Waals surface area (Å²) in [5.41, 5.74) is 2.93. The van der Waals surface area contributed by atoms with E-state index in [4.69, 9.17) is 11.6 Å². The van der Waals surface area contributed by atoms with Crippen molar-refractivity contribution in [1.29, 1.82) is 0 Å². The van der Waals surface area contributed by atoms with Gasteiger partial charge in [0.25, 0.3) is 0 Å². The Bertz CT molecular complexity index is 831. The van der Waals surface area contributed by atoms with Crippen LogP contribution in [0.15, 0.2) is 53.5 Å². The van der Waals surface area contributed by atoms with Crippen LogP contribution in [0.5, 0.6) is 0 Å². The molecule has 1 saturated carbocycles. The van der Waals surface area contributed by atoms with E-state index in [2.05, 4.69) is 20.9 Å². The van der Waals surface area contributed by atoms with Gasteiger partial charge in [-0.05, 0) is 42.2 Å². The number of anilines is 1. The van der Waals surface area contributed by atoms with Crippen molar-refractivity contribution in [2.24, 2.45) is 10.9 Å².